The second-order valence-corrected chi connectivity index (χ2v) is 12.5. The average Bonchev–Trinajstić information content (AvgIpc) is 3.09. The summed E-state index contributed by atoms with van der Waals surface area (Å²) in [7, 11) is 1.69. The largest absolute Gasteiger partial charge is 0.497 e. The summed E-state index contributed by atoms with van der Waals surface area (Å²) in [6.07, 6.45) is 9.06. The Balaban J connectivity index is 2.08. The topological polar surface area (TPSA) is 64.6 Å². The third-order valence-corrected chi connectivity index (χ3v) is 8.56. The third-order valence-electron chi connectivity index (χ3n) is 8.56. The van der Waals surface area contributed by atoms with Gasteiger partial charge in [-0.3, -0.25) is 0 Å². The molecule has 1 aliphatic heterocycles. The van der Waals surface area contributed by atoms with E-state index >= 15 is 0 Å². The van der Waals surface area contributed by atoms with Crippen molar-refractivity contribution in [3.8, 4) is 5.75 Å². The summed E-state index contributed by atoms with van der Waals surface area (Å²) in [4.78, 5) is 0. The van der Waals surface area contributed by atoms with Gasteiger partial charge in [0, 0.05) is 26.4 Å². The summed E-state index contributed by atoms with van der Waals surface area (Å²) in [5.41, 5.74) is 4.54. The number of hydrogen-bond donors (Lipinski definition) is 0. The molecule has 7 heteroatoms. The van der Waals surface area contributed by atoms with E-state index in [1.54, 1.807) is 13.2 Å². The van der Waals surface area contributed by atoms with Crippen molar-refractivity contribution in [2.75, 3.05) is 46.8 Å². The molecule has 2 aromatic rings. The maximum atomic E-state index is 7.11. The molecular formula is C40H62O7. The number of hydrogen-bond acceptors (Lipinski definition) is 7. The summed E-state index contributed by atoms with van der Waals surface area (Å²) in [6, 6.07) is 14.9. The van der Waals surface area contributed by atoms with Crippen LogP contribution in [0.25, 0.3) is 0 Å². The zero-order valence-electron chi connectivity index (χ0n) is 29.9. The molecule has 1 fully saturated rings. The highest BCUT2D eigenvalue weighted by Crippen LogP contribution is 2.40. The van der Waals surface area contributed by atoms with E-state index in [1.165, 1.54) is 11.1 Å². The lowest BCUT2D eigenvalue weighted by Gasteiger charge is -2.47. The van der Waals surface area contributed by atoms with Crippen LogP contribution in [0, 0.1) is 0 Å². The molecular weight excluding hydrogens is 592 g/mol. The zero-order chi connectivity index (χ0) is 33.7. The van der Waals surface area contributed by atoms with Gasteiger partial charge in [0.1, 0.15) is 36.3 Å². The van der Waals surface area contributed by atoms with Crippen molar-refractivity contribution in [3.05, 3.63) is 77.4 Å². The van der Waals surface area contributed by atoms with Gasteiger partial charge in [0.05, 0.1) is 26.9 Å². The first-order valence-electron chi connectivity index (χ1n) is 18.1. The molecule has 0 saturated carbocycles. The smallest absolute Gasteiger partial charge is 0.118 e. The summed E-state index contributed by atoms with van der Waals surface area (Å²) in [5.74, 6) is 0.851. The number of benzene rings is 2. The van der Waals surface area contributed by atoms with Gasteiger partial charge in [0.25, 0.3) is 0 Å². The average molecular weight is 655 g/mol. The second kappa shape index (κ2) is 23.2. The predicted molar refractivity (Wildman–Crippen MR) is 189 cm³/mol. The molecule has 47 heavy (non-hydrogen) atoms. The van der Waals surface area contributed by atoms with E-state index < -0.39 is 0 Å². The molecule has 7 nitrogen and oxygen atoms in total. The molecule has 1 heterocycles. The van der Waals surface area contributed by atoms with Crippen LogP contribution in [0.1, 0.15) is 107 Å². The summed E-state index contributed by atoms with van der Waals surface area (Å²) < 4.78 is 44.9. The summed E-state index contributed by atoms with van der Waals surface area (Å²) in [6.45, 7) is 16.5. The fourth-order valence-corrected chi connectivity index (χ4v) is 5.79. The van der Waals surface area contributed by atoms with Gasteiger partial charge in [-0.15, -0.1) is 6.58 Å². The van der Waals surface area contributed by atoms with Crippen LogP contribution < -0.4 is 4.74 Å². The molecule has 0 aromatic heterocycles. The number of rotatable bonds is 25. The van der Waals surface area contributed by atoms with Crippen LogP contribution in [0.5, 0.6) is 5.75 Å². The van der Waals surface area contributed by atoms with Crippen molar-refractivity contribution >= 4 is 0 Å². The number of methoxy groups -OCH3 is 1. The molecule has 0 spiro atoms. The van der Waals surface area contributed by atoms with Gasteiger partial charge in [0.2, 0.25) is 0 Å². The van der Waals surface area contributed by atoms with Crippen molar-refractivity contribution in [1.29, 1.82) is 0 Å². The molecule has 0 amide bonds. The van der Waals surface area contributed by atoms with Crippen LogP contribution in [0.2, 0.25) is 0 Å². The lowest BCUT2D eigenvalue weighted by molar-refractivity contribution is -0.268. The van der Waals surface area contributed by atoms with Gasteiger partial charge in [-0.05, 0) is 66.5 Å². The molecule has 0 aliphatic carbocycles. The number of unbranched alkanes of at least 4 members (excludes halogenated alkanes) is 4. The third kappa shape index (κ3) is 12.9. The molecule has 0 N–H and O–H groups in total. The van der Waals surface area contributed by atoms with E-state index in [0.717, 1.165) is 74.7 Å². The van der Waals surface area contributed by atoms with E-state index in [9.17, 15) is 0 Å². The minimum absolute atomic E-state index is 0.300. The normalized spacial score (nSPS) is 21.2. The minimum atomic E-state index is -0.387. The molecule has 264 valence electrons. The minimum Gasteiger partial charge on any atom is -0.497 e. The molecule has 2 aromatic carbocycles. The molecule has 0 radical (unpaired) electrons. The monoisotopic (exact) mass is 654 g/mol. The quantitative estimate of drug-likeness (QED) is 0.0783. The van der Waals surface area contributed by atoms with E-state index in [0.29, 0.717) is 46.2 Å². The molecule has 5 atom stereocenters. The summed E-state index contributed by atoms with van der Waals surface area (Å²) >= 11 is 0. The van der Waals surface area contributed by atoms with Crippen LogP contribution in [0.15, 0.2) is 55.1 Å². The van der Waals surface area contributed by atoms with Crippen molar-refractivity contribution < 1.29 is 33.2 Å². The molecule has 1 saturated heterocycles. The molecule has 1 aliphatic rings. The predicted octanol–water partition coefficient (Wildman–Crippen LogP) is 8.80. The Morgan fingerprint density at radius 1 is 0.702 bits per heavy atom. The van der Waals surface area contributed by atoms with Crippen molar-refractivity contribution in [2.24, 2.45) is 0 Å². The first kappa shape index (κ1) is 39.2. The number of ether oxygens (including phenoxy) is 7. The highest BCUT2D eigenvalue weighted by atomic mass is 16.6. The van der Waals surface area contributed by atoms with E-state index in [1.807, 2.05) is 12.1 Å². The Labute approximate surface area is 285 Å². The van der Waals surface area contributed by atoms with Crippen LogP contribution in [0.4, 0.5) is 0 Å². The van der Waals surface area contributed by atoms with Gasteiger partial charge in [-0.1, -0.05) is 89.8 Å². The van der Waals surface area contributed by atoms with Crippen LogP contribution in [-0.4, -0.2) is 71.2 Å². The van der Waals surface area contributed by atoms with Crippen molar-refractivity contribution in [3.63, 3.8) is 0 Å². The van der Waals surface area contributed by atoms with Crippen LogP contribution in [0.3, 0.4) is 0 Å². The highest BCUT2D eigenvalue weighted by Gasteiger charge is 2.49. The van der Waals surface area contributed by atoms with Gasteiger partial charge in [0.15, 0.2) is 0 Å². The fourth-order valence-electron chi connectivity index (χ4n) is 5.79. The Morgan fingerprint density at radius 2 is 1.30 bits per heavy atom. The van der Waals surface area contributed by atoms with Crippen molar-refractivity contribution in [1.82, 2.24) is 0 Å². The van der Waals surface area contributed by atoms with E-state index in [4.69, 9.17) is 33.2 Å². The first-order valence-corrected chi connectivity index (χ1v) is 18.1. The van der Waals surface area contributed by atoms with Gasteiger partial charge >= 0.3 is 0 Å². The Bertz CT molecular complexity index is 1100. The Morgan fingerprint density at radius 3 is 1.91 bits per heavy atom. The second-order valence-electron chi connectivity index (χ2n) is 12.5. The Hall–Kier alpha value is -2.26. The molecule has 3 rings (SSSR count). The SMILES string of the molecule is C=CCOCc1ccc(Cc2ccc(OC)cc2)cc1[C@@H]1O[C@H](COCCCC)[C@@H](OCCCC)[C@H](OCCCC)[C@H]1OCCCC. The van der Waals surface area contributed by atoms with Gasteiger partial charge in [-0.2, -0.15) is 0 Å². The standard InChI is InChI=1S/C40H62O7/c1-7-12-23-43-30-36-38(44-24-13-8-2)40(46-26-15-10-4)39(45-25-14-9-3)37(47-36)35-28-32(16-19-33(35)29-42-22-11-5)27-31-17-20-34(41-6)21-18-31/h11,16-21,28,36-40H,5,7-10,12-15,22-27,29-30H2,1-4,6H3/t36-,37+,38-,39+,40+/m1/s1. The lowest BCUT2D eigenvalue weighted by atomic mass is 9.87. The maximum absolute atomic E-state index is 7.11. The zero-order valence-corrected chi connectivity index (χ0v) is 29.9. The summed E-state index contributed by atoms with van der Waals surface area (Å²) in [5, 5.41) is 0. The maximum Gasteiger partial charge on any atom is 0.118 e. The van der Waals surface area contributed by atoms with Gasteiger partial charge < -0.3 is 33.2 Å². The van der Waals surface area contributed by atoms with Crippen LogP contribution in [-0.2, 0) is 41.4 Å². The van der Waals surface area contributed by atoms with Crippen LogP contribution >= 0.6 is 0 Å². The fraction of sp³-hybridized carbons (Fsp3) is 0.650. The van der Waals surface area contributed by atoms with E-state index in [2.05, 4.69) is 64.6 Å². The molecule has 0 bridgehead atoms. The Kier molecular flexibility index (Phi) is 19.3. The lowest BCUT2D eigenvalue weighted by Crippen LogP contribution is -2.58. The van der Waals surface area contributed by atoms with E-state index in [-0.39, 0.29) is 30.5 Å². The van der Waals surface area contributed by atoms with Gasteiger partial charge in [-0.25, -0.2) is 0 Å². The molecule has 0 unspecified atom stereocenters. The highest BCUT2D eigenvalue weighted by molar-refractivity contribution is 5.38. The first-order chi connectivity index (χ1) is 23.1. The van der Waals surface area contributed by atoms with Crippen molar-refractivity contribution in [2.45, 2.75) is 123 Å².